The predicted octanol–water partition coefficient (Wildman–Crippen LogP) is 4.26. The molecule has 3 aromatic rings. The third kappa shape index (κ3) is 5.89. The number of amides is 4. The molecule has 0 aromatic heterocycles. The summed E-state index contributed by atoms with van der Waals surface area (Å²) in [7, 11) is -2.72. The number of nitrogens with zero attached hydrogens (tertiary/aromatic N) is 1. The molecule has 10 nitrogen and oxygen atoms in total. The zero-order valence-corrected chi connectivity index (χ0v) is 22.6. The van der Waals surface area contributed by atoms with Gasteiger partial charge in [-0.25, -0.2) is 9.69 Å². The SMILES string of the molecule is C=CCc1cc(/C=C2\C(=O)NC(=O)N(c3ccc(OC)cc3)C2=O)cc(OCC)c1OS(=O)(=O)c1ccccc1. The van der Waals surface area contributed by atoms with Gasteiger partial charge in [0.05, 0.1) is 19.4 Å². The maximum atomic E-state index is 13.3. The Morgan fingerprint density at radius 2 is 1.70 bits per heavy atom. The lowest BCUT2D eigenvalue weighted by Crippen LogP contribution is -2.54. The Bertz CT molecular complexity index is 1600. The van der Waals surface area contributed by atoms with Crippen molar-refractivity contribution in [3.8, 4) is 17.2 Å². The first-order valence-electron chi connectivity index (χ1n) is 12.1. The molecule has 1 fully saturated rings. The van der Waals surface area contributed by atoms with Crippen LogP contribution in [0.1, 0.15) is 18.1 Å². The van der Waals surface area contributed by atoms with Crippen LogP contribution in [-0.2, 0) is 26.1 Å². The van der Waals surface area contributed by atoms with E-state index in [1.807, 2.05) is 0 Å². The number of carbonyl (C=O) groups is 3. The number of barbiturate groups is 1. The van der Waals surface area contributed by atoms with Gasteiger partial charge >= 0.3 is 16.1 Å². The fourth-order valence-corrected chi connectivity index (χ4v) is 4.96. The Balaban J connectivity index is 1.77. The molecule has 0 atom stereocenters. The Labute approximate surface area is 231 Å². The molecule has 11 heteroatoms. The van der Waals surface area contributed by atoms with Crippen LogP contribution in [0.15, 0.2) is 89.9 Å². The summed E-state index contributed by atoms with van der Waals surface area (Å²) in [4.78, 5) is 39.4. The molecule has 40 heavy (non-hydrogen) atoms. The summed E-state index contributed by atoms with van der Waals surface area (Å²) in [6.45, 7) is 5.62. The molecule has 0 unspecified atom stereocenters. The molecule has 4 amide bonds. The highest BCUT2D eigenvalue weighted by Crippen LogP contribution is 2.37. The smallest absolute Gasteiger partial charge is 0.339 e. The van der Waals surface area contributed by atoms with Gasteiger partial charge in [0.15, 0.2) is 11.5 Å². The number of anilines is 1. The number of allylic oxidation sites excluding steroid dienone is 1. The van der Waals surface area contributed by atoms with Crippen LogP contribution in [0.4, 0.5) is 10.5 Å². The van der Waals surface area contributed by atoms with E-state index in [4.69, 9.17) is 13.7 Å². The second-order valence-corrected chi connectivity index (χ2v) is 9.99. The van der Waals surface area contributed by atoms with Gasteiger partial charge < -0.3 is 13.7 Å². The normalized spacial score (nSPS) is 14.6. The predicted molar refractivity (Wildman–Crippen MR) is 148 cm³/mol. The molecule has 206 valence electrons. The number of benzene rings is 3. The van der Waals surface area contributed by atoms with Crippen LogP contribution in [0, 0.1) is 0 Å². The first-order valence-corrected chi connectivity index (χ1v) is 13.5. The van der Waals surface area contributed by atoms with Crippen LogP contribution in [0.25, 0.3) is 6.08 Å². The van der Waals surface area contributed by atoms with Gasteiger partial charge in [-0.15, -0.1) is 6.58 Å². The summed E-state index contributed by atoms with van der Waals surface area (Å²) in [5.74, 6) is -1.15. The van der Waals surface area contributed by atoms with E-state index in [1.165, 1.54) is 43.5 Å². The van der Waals surface area contributed by atoms with Crippen molar-refractivity contribution in [1.82, 2.24) is 5.32 Å². The van der Waals surface area contributed by atoms with E-state index in [-0.39, 0.29) is 40.7 Å². The molecule has 0 bridgehead atoms. The summed E-state index contributed by atoms with van der Waals surface area (Å²) in [5, 5.41) is 2.17. The van der Waals surface area contributed by atoms with Crippen molar-refractivity contribution in [3.05, 3.63) is 96.1 Å². The summed E-state index contributed by atoms with van der Waals surface area (Å²) >= 11 is 0. The Morgan fingerprint density at radius 3 is 2.33 bits per heavy atom. The molecule has 0 radical (unpaired) electrons. The highest BCUT2D eigenvalue weighted by molar-refractivity contribution is 7.87. The largest absolute Gasteiger partial charge is 0.497 e. The molecule has 0 aliphatic carbocycles. The Kier molecular flexibility index (Phi) is 8.34. The number of carbonyl (C=O) groups excluding carboxylic acids is 3. The third-order valence-corrected chi connectivity index (χ3v) is 7.02. The number of ether oxygens (including phenoxy) is 2. The number of nitrogens with one attached hydrogen (secondary N) is 1. The minimum Gasteiger partial charge on any atom is -0.497 e. The van der Waals surface area contributed by atoms with Crippen molar-refractivity contribution in [1.29, 1.82) is 0 Å². The lowest BCUT2D eigenvalue weighted by atomic mass is 10.0. The van der Waals surface area contributed by atoms with Crippen molar-refractivity contribution < 1.29 is 36.5 Å². The average molecular weight is 563 g/mol. The van der Waals surface area contributed by atoms with Crippen LogP contribution in [0.3, 0.4) is 0 Å². The first-order chi connectivity index (χ1) is 19.2. The number of hydrogen-bond donors (Lipinski definition) is 1. The molecule has 1 saturated heterocycles. The van der Waals surface area contributed by atoms with Crippen molar-refractivity contribution in [2.75, 3.05) is 18.6 Å². The van der Waals surface area contributed by atoms with Crippen LogP contribution in [0.2, 0.25) is 0 Å². The molecule has 3 aromatic carbocycles. The minimum absolute atomic E-state index is 0.0396. The highest BCUT2D eigenvalue weighted by atomic mass is 32.2. The molecule has 1 N–H and O–H groups in total. The van der Waals surface area contributed by atoms with Crippen LogP contribution in [-0.4, -0.2) is 40.0 Å². The summed E-state index contributed by atoms with van der Waals surface area (Å²) in [5.41, 5.74) is 0.651. The molecule has 1 aliphatic heterocycles. The standard InChI is InChI=1S/C29H26N2O8S/c1-4-9-20-16-19(18-25(38-5-2)26(20)39-40(35,36)23-10-7-6-8-11-23)17-24-27(32)30-29(34)31(28(24)33)21-12-14-22(37-3)15-13-21/h4,6-8,10-18H,1,5,9H2,2-3H3,(H,30,32,34)/b24-17+. The zero-order valence-electron chi connectivity index (χ0n) is 21.7. The van der Waals surface area contributed by atoms with E-state index < -0.39 is 28.0 Å². The molecule has 4 rings (SSSR count). The van der Waals surface area contributed by atoms with Crippen molar-refractivity contribution >= 4 is 39.7 Å². The van der Waals surface area contributed by atoms with Gasteiger partial charge in [0, 0.05) is 5.56 Å². The van der Waals surface area contributed by atoms with Gasteiger partial charge in [0.25, 0.3) is 11.8 Å². The van der Waals surface area contributed by atoms with Gasteiger partial charge in [-0.3, -0.25) is 14.9 Å². The average Bonchev–Trinajstić information content (AvgIpc) is 2.94. The minimum atomic E-state index is -4.20. The second kappa shape index (κ2) is 11.9. The molecular weight excluding hydrogens is 536 g/mol. The molecule has 0 saturated carbocycles. The van der Waals surface area contributed by atoms with E-state index in [1.54, 1.807) is 49.4 Å². The van der Waals surface area contributed by atoms with Gasteiger partial charge in [0.2, 0.25) is 0 Å². The van der Waals surface area contributed by atoms with Crippen molar-refractivity contribution in [3.63, 3.8) is 0 Å². The third-order valence-electron chi connectivity index (χ3n) is 5.79. The van der Waals surface area contributed by atoms with Crippen LogP contribution < -0.4 is 23.9 Å². The van der Waals surface area contributed by atoms with E-state index in [2.05, 4.69) is 11.9 Å². The quantitative estimate of drug-likeness (QED) is 0.168. The lowest BCUT2D eigenvalue weighted by Gasteiger charge is -2.26. The number of hydrogen-bond acceptors (Lipinski definition) is 8. The number of urea groups is 1. The van der Waals surface area contributed by atoms with Gasteiger partial charge in [-0.1, -0.05) is 24.3 Å². The fourth-order valence-electron chi connectivity index (χ4n) is 3.97. The van der Waals surface area contributed by atoms with Gasteiger partial charge in [-0.2, -0.15) is 8.42 Å². The summed E-state index contributed by atoms with van der Waals surface area (Å²) in [6.07, 6.45) is 3.03. The van der Waals surface area contributed by atoms with E-state index in [0.717, 1.165) is 4.90 Å². The van der Waals surface area contributed by atoms with Crippen LogP contribution in [0.5, 0.6) is 17.2 Å². The summed E-state index contributed by atoms with van der Waals surface area (Å²) in [6, 6.07) is 15.9. The topological polar surface area (TPSA) is 128 Å². The number of methoxy groups -OCH3 is 1. The maximum Gasteiger partial charge on any atom is 0.339 e. The Morgan fingerprint density at radius 1 is 1.00 bits per heavy atom. The van der Waals surface area contributed by atoms with Gasteiger partial charge in [-0.05, 0) is 73.5 Å². The number of rotatable bonds is 10. The monoisotopic (exact) mass is 562 g/mol. The van der Waals surface area contributed by atoms with E-state index in [0.29, 0.717) is 16.9 Å². The van der Waals surface area contributed by atoms with Crippen molar-refractivity contribution in [2.24, 2.45) is 0 Å². The van der Waals surface area contributed by atoms with Crippen LogP contribution >= 0.6 is 0 Å². The maximum absolute atomic E-state index is 13.3. The molecule has 1 aliphatic rings. The van der Waals surface area contributed by atoms with Crippen molar-refractivity contribution in [2.45, 2.75) is 18.2 Å². The molecular formula is C29H26N2O8S. The van der Waals surface area contributed by atoms with Gasteiger partial charge in [0.1, 0.15) is 16.2 Å². The highest BCUT2D eigenvalue weighted by Gasteiger charge is 2.37. The Hall–Kier alpha value is -4.90. The van der Waals surface area contributed by atoms with E-state index >= 15 is 0 Å². The number of imide groups is 2. The lowest BCUT2D eigenvalue weighted by molar-refractivity contribution is -0.122. The molecule has 0 spiro atoms. The fraction of sp³-hybridized carbons (Fsp3) is 0.138. The second-order valence-electron chi connectivity index (χ2n) is 8.44. The zero-order chi connectivity index (χ0) is 28.9. The first kappa shape index (κ1) is 28.1. The molecule has 1 heterocycles. The van der Waals surface area contributed by atoms with E-state index in [9.17, 15) is 22.8 Å². The summed E-state index contributed by atoms with van der Waals surface area (Å²) < 4.78 is 42.3.